The number of nitrogens with one attached hydrogen (secondary N) is 1. The van der Waals surface area contributed by atoms with Crippen molar-refractivity contribution >= 4 is 11.5 Å². The van der Waals surface area contributed by atoms with Crippen molar-refractivity contribution in [2.75, 3.05) is 69.3 Å². The first-order valence-electron chi connectivity index (χ1n) is 12.4. The van der Waals surface area contributed by atoms with Crippen LogP contribution in [0, 0.1) is 16.6 Å². The van der Waals surface area contributed by atoms with E-state index in [0.717, 1.165) is 83.4 Å². The van der Waals surface area contributed by atoms with E-state index in [9.17, 15) is 4.39 Å². The third-order valence-electron chi connectivity index (χ3n) is 8.53. The van der Waals surface area contributed by atoms with Crippen molar-refractivity contribution in [3.8, 4) is 0 Å². The van der Waals surface area contributed by atoms with Crippen LogP contribution in [0.5, 0.6) is 0 Å². The molecule has 0 unspecified atom stereocenters. The number of hydrogen-bond acceptors (Lipinski definition) is 7. The Hall–Kier alpha value is -1.52. The van der Waals surface area contributed by atoms with Crippen LogP contribution in [0.4, 0.5) is 15.9 Å². The van der Waals surface area contributed by atoms with Crippen LogP contribution in [0.25, 0.3) is 0 Å². The number of pyridine rings is 1. The predicted octanol–water partition coefficient (Wildman–Crippen LogP) is 2.16. The number of hydroxylamine groups is 2. The van der Waals surface area contributed by atoms with Crippen LogP contribution >= 0.6 is 0 Å². The Balaban J connectivity index is 0.00000137. The maximum atomic E-state index is 14.1. The van der Waals surface area contributed by atoms with Crippen LogP contribution in [-0.2, 0) is 9.57 Å². The quantitative estimate of drug-likeness (QED) is 0.689. The fourth-order valence-corrected chi connectivity index (χ4v) is 6.77. The second-order valence-electron chi connectivity index (χ2n) is 10.9. The molecule has 3 N–H and O–H groups in total. The van der Waals surface area contributed by atoms with Gasteiger partial charge in [-0.25, -0.2) is 9.37 Å². The van der Waals surface area contributed by atoms with Crippen LogP contribution in [-0.4, -0.2) is 91.6 Å². The van der Waals surface area contributed by atoms with Crippen LogP contribution in [0.1, 0.15) is 40.5 Å². The fraction of sp³-hybridized carbons (Fsp3) is 0.792. The topological polar surface area (TPSA) is 84.6 Å². The van der Waals surface area contributed by atoms with Crippen LogP contribution in [0.15, 0.2) is 12.3 Å². The first-order chi connectivity index (χ1) is 15.6. The van der Waals surface area contributed by atoms with Crippen molar-refractivity contribution in [2.45, 2.75) is 51.1 Å². The first kappa shape index (κ1) is 23.2. The summed E-state index contributed by atoms with van der Waals surface area (Å²) < 4.78 is 19.5. The minimum atomic E-state index is -0.257. The largest absolute Gasteiger partial charge is 0.412 e. The van der Waals surface area contributed by atoms with Gasteiger partial charge in [-0.05, 0) is 39.0 Å². The summed E-state index contributed by atoms with van der Waals surface area (Å²) in [6.45, 7) is 10.7. The summed E-state index contributed by atoms with van der Waals surface area (Å²) in [5.41, 5.74) is 1.80. The number of halogens is 1. The smallest absolute Gasteiger partial charge is 0.150 e. The minimum absolute atomic E-state index is 0. The fourth-order valence-electron chi connectivity index (χ4n) is 6.77. The second-order valence-corrected chi connectivity index (χ2v) is 10.9. The van der Waals surface area contributed by atoms with Crippen molar-refractivity contribution in [1.82, 2.24) is 14.9 Å². The molecule has 33 heavy (non-hydrogen) atoms. The average molecular weight is 466 g/mol. The molecule has 0 aromatic carbocycles. The molecule has 2 spiro atoms. The van der Waals surface area contributed by atoms with Crippen molar-refractivity contribution < 1.29 is 20.9 Å². The lowest BCUT2D eigenvalue weighted by Gasteiger charge is -2.53. The third-order valence-corrected chi connectivity index (χ3v) is 8.53. The number of rotatable bonds is 6. The third kappa shape index (κ3) is 4.34. The monoisotopic (exact) mass is 465 g/mol. The maximum Gasteiger partial charge on any atom is 0.150 e. The highest BCUT2D eigenvalue weighted by Crippen LogP contribution is 2.49. The molecule has 186 valence electrons. The zero-order chi connectivity index (χ0) is 21.8. The van der Waals surface area contributed by atoms with E-state index in [1.54, 1.807) is 6.07 Å². The summed E-state index contributed by atoms with van der Waals surface area (Å²) >= 11 is 0. The van der Waals surface area contributed by atoms with E-state index < -0.39 is 0 Å². The van der Waals surface area contributed by atoms with Gasteiger partial charge in [0.2, 0.25) is 0 Å². The van der Waals surface area contributed by atoms with E-state index in [0.29, 0.717) is 22.9 Å². The molecular formula is C24H40FN5O3. The van der Waals surface area contributed by atoms with E-state index in [1.165, 1.54) is 25.5 Å². The normalized spacial score (nSPS) is 28.8. The standard InChI is InChI=1S/C24H36FN5O2.H2O.H2/c1-2-32-30-14-23(15-30)4-3-20(12-23)28-5-7-29(8-6-28)21-9-18(25)13-26-22(21)27-19-10-24(11-19)16-31-17-24;;/h9,13,19-20H,2-8,10-12,14-17H2,1H3,(H,26,27);1H2;1H/t20-;;/m1../s1. The summed E-state index contributed by atoms with van der Waals surface area (Å²) in [6, 6.07) is 2.76. The molecule has 1 atom stereocenters. The second kappa shape index (κ2) is 8.92. The summed E-state index contributed by atoms with van der Waals surface area (Å²) in [6.07, 6.45) is 7.49. The van der Waals surface area contributed by atoms with Gasteiger partial charge in [0.25, 0.3) is 0 Å². The van der Waals surface area contributed by atoms with Gasteiger partial charge in [0.05, 0.1) is 31.7 Å². The summed E-state index contributed by atoms with van der Waals surface area (Å²) in [5.74, 6) is 0.581. The van der Waals surface area contributed by atoms with E-state index >= 15 is 0 Å². The number of piperazine rings is 1. The molecule has 1 aromatic heterocycles. The van der Waals surface area contributed by atoms with Gasteiger partial charge in [0.15, 0.2) is 0 Å². The molecule has 2 saturated carbocycles. The van der Waals surface area contributed by atoms with Gasteiger partial charge < -0.3 is 20.4 Å². The van der Waals surface area contributed by atoms with Gasteiger partial charge in [-0.3, -0.25) is 9.74 Å². The highest BCUT2D eigenvalue weighted by Gasteiger charge is 2.51. The molecule has 3 saturated heterocycles. The van der Waals surface area contributed by atoms with Crippen molar-refractivity contribution in [3.63, 3.8) is 0 Å². The summed E-state index contributed by atoms with van der Waals surface area (Å²) in [4.78, 5) is 15.1. The van der Waals surface area contributed by atoms with E-state index in [4.69, 9.17) is 9.57 Å². The molecule has 5 fully saturated rings. The summed E-state index contributed by atoms with van der Waals surface area (Å²) in [7, 11) is 0. The number of aromatic nitrogens is 1. The van der Waals surface area contributed by atoms with Gasteiger partial charge in [-0.1, -0.05) is 0 Å². The van der Waals surface area contributed by atoms with Gasteiger partial charge in [-0.15, -0.1) is 0 Å². The van der Waals surface area contributed by atoms with Crippen LogP contribution in [0.3, 0.4) is 0 Å². The Morgan fingerprint density at radius 2 is 1.94 bits per heavy atom. The van der Waals surface area contributed by atoms with Crippen LogP contribution in [0.2, 0.25) is 0 Å². The Morgan fingerprint density at radius 3 is 2.61 bits per heavy atom. The Kier molecular flexibility index (Phi) is 6.28. The molecule has 8 nitrogen and oxygen atoms in total. The number of hydrogen-bond donors (Lipinski definition) is 1. The highest BCUT2D eigenvalue weighted by molar-refractivity contribution is 5.66. The Morgan fingerprint density at radius 1 is 1.18 bits per heavy atom. The summed E-state index contributed by atoms with van der Waals surface area (Å²) in [5, 5.41) is 5.73. The molecule has 0 amide bonds. The SMILES string of the molecule is CCON1CC2(CC[C@@H](N3CCN(c4cc(F)cnc4NC4CC5(COC5)C4)CC3)C2)C1.O.[HH]. The number of anilines is 2. The molecule has 1 aromatic rings. The van der Waals surface area contributed by atoms with Gasteiger partial charge in [0, 0.05) is 69.7 Å². The zero-order valence-electron chi connectivity index (χ0n) is 19.7. The molecule has 5 aliphatic rings. The van der Waals surface area contributed by atoms with E-state index in [2.05, 4.69) is 32.1 Å². The molecule has 4 heterocycles. The molecule has 2 aliphatic carbocycles. The highest BCUT2D eigenvalue weighted by atomic mass is 19.1. The number of ether oxygens (including phenoxy) is 1. The van der Waals surface area contributed by atoms with Gasteiger partial charge in [-0.2, -0.15) is 5.06 Å². The predicted molar refractivity (Wildman–Crippen MR) is 127 cm³/mol. The minimum Gasteiger partial charge on any atom is -0.412 e. The molecule has 3 aliphatic heterocycles. The van der Waals surface area contributed by atoms with Gasteiger partial charge in [0.1, 0.15) is 11.6 Å². The van der Waals surface area contributed by atoms with E-state index in [1.807, 2.05) is 0 Å². The van der Waals surface area contributed by atoms with Crippen LogP contribution < -0.4 is 10.2 Å². The van der Waals surface area contributed by atoms with Crippen molar-refractivity contribution in [3.05, 3.63) is 18.1 Å². The zero-order valence-corrected chi connectivity index (χ0v) is 19.7. The molecule has 0 radical (unpaired) electrons. The lowest BCUT2D eigenvalue weighted by atomic mass is 9.64. The molecule has 9 heteroatoms. The average Bonchev–Trinajstić information content (AvgIpc) is 3.15. The Bertz CT molecular complexity index is 838. The molecular weight excluding hydrogens is 425 g/mol. The molecule has 6 rings (SSSR count). The lowest BCUT2D eigenvalue weighted by molar-refractivity contribution is -0.246. The maximum absolute atomic E-state index is 14.1. The molecule has 0 bridgehead atoms. The van der Waals surface area contributed by atoms with Crippen molar-refractivity contribution in [2.24, 2.45) is 10.8 Å². The van der Waals surface area contributed by atoms with Gasteiger partial charge >= 0.3 is 0 Å². The van der Waals surface area contributed by atoms with E-state index in [-0.39, 0.29) is 12.7 Å². The lowest BCUT2D eigenvalue weighted by Crippen LogP contribution is -2.57. The van der Waals surface area contributed by atoms with Crippen molar-refractivity contribution in [1.29, 1.82) is 0 Å². The number of nitrogens with zero attached hydrogens (tertiary/aromatic N) is 4. The Labute approximate surface area is 197 Å². The first-order valence-corrected chi connectivity index (χ1v) is 12.4.